The van der Waals surface area contributed by atoms with E-state index in [-0.39, 0.29) is 19.0 Å². The largest absolute Gasteiger partial charge is 0.550 e. The first kappa shape index (κ1) is 18.3. The van der Waals surface area contributed by atoms with Gasteiger partial charge in [-0.15, -0.1) is 11.3 Å². The van der Waals surface area contributed by atoms with E-state index in [1.54, 1.807) is 22.4 Å². The minimum Gasteiger partial charge on any atom is -0.550 e. The van der Waals surface area contributed by atoms with Crippen LogP contribution in [0.25, 0.3) is 0 Å². The van der Waals surface area contributed by atoms with Gasteiger partial charge >= 0.3 is 0 Å². The van der Waals surface area contributed by atoms with Gasteiger partial charge in [0.2, 0.25) is 5.91 Å². The number of carbonyl (C=O) groups excluding carboxylic acids is 2. The van der Waals surface area contributed by atoms with Crippen molar-refractivity contribution < 1.29 is 23.1 Å². The number of carbonyl (C=O) groups is 2. The zero-order valence-corrected chi connectivity index (χ0v) is 15.4. The normalized spacial score (nSPS) is 25.7. The zero-order valence-electron chi connectivity index (χ0n) is 13.8. The summed E-state index contributed by atoms with van der Waals surface area (Å²) in [6.45, 7) is 1.04. The Hall–Kier alpha value is -1.45. The van der Waals surface area contributed by atoms with Crippen LogP contribution in [0.1, 0.15) is 25.7 Å². The molecular formula is C16H21N2O5S2-. The Morgan fingerprint density at radius 1 is 1.08 bits per heavy atom. The average molecular weight is 385 g/mol. The van der Waals surface area contributed by atoms with Crippen LogP contribution in [0, 0.1) is 11.8 Å². The summed E-state index contributed by atoms with van der Waals surface area (Å²) in [7, 11) is -3.51. The molecule has 9 heteroatoms. The molecule has 0 unspecified atom stereocenters. The summed E-state index contributed by atoms with van der Waals surface area (Å²) in [6, 6.07) is 3.27. The Balaban J connectivity index is 1.64. The summed E-state index contributed by atoms with van der Waals surface area (Å²) in [6.07, 6.45) is 2.68. The van der Waals surface area contributed by atoms with Crippen molar-refractivity contribution in [1.29, 1.82) is 0 Å². The van der Waals surface area contributed by atoms with Gasteiger partial charge in [-0.05, 0) is 24.3 Å². The van der Waals surface area contributed by atoms with Crippen LogP contribution in [0.15, 0.2) is 21.7 Å². The molecule has 1 amide bonds. The Morgan fingerprint density at radius 2 is 1.72 bits per heavy atom. The second-order valence-corrected chi connectivity index (χ2v) is 9.59. The number of rotatable bonds is 4. The van der Waals surface area contributed by atoms with Crippen LogP contribution in [0.4, 0.5) is 0 Å². The lowest BCUT2D eigenvalue weighted by molar-refractivity contribution is -0.314. The number of sulfonamides is 1. The van der Waals surface area contributed by atoms with Gasteiger partial charge < -0.3 is 14.8 Å². The van der Waals surface area contributed by atoms with Gasteiger partial charge in [0.15, 0.2) is 0 Å². The van der Waals surface area contributed by atoms with E-state index >= 15 is 0 Å². The Kier molecular flexibility index (Phi) is 5.45. The number of piperazine rings is 1. The van der Waals surface area contributed by atoms with Crippen LogP contribution in [-0.4, -0.2) is 55.7 Å². The standard InChI is InChI=1S/C16H22N2O5S2/c19-15(12-4-1-2-5-13(12)16(20)21)17-7-9-18(10-8-17)25(22,23)14-6-3-11-24-14/h3,6,11-13H,1-2,4-5,7-10H2,(H,20,21)/p-1/t12-,13+/m0/s1. The van der Waals surface area contributed by atoms with E-state index in [1.165, 1.54) is 15.6 Å². The fourth-order valence-electron chi connectivity index (χ4n) is 3.63. The van der Waals surface area contributed by atoms with Crippen molar-refractivity contribution in [2.45, 2.75) is 29.9 Å². The number of thiophene rings is 1. The summed E-state index contributed by atoms with van der Waals surface area (Å²) in [5.74, 6) is -2.60. The second-order valence-electron chi connectivity index (χ2n) is 6.48. The fraction of sp³-hybridized carbons (Fsp3) is 0.625. The SMILES string of the molecule is O=C([O-])[C@@H]1CCCC[C@@H]1C(=O)N1CCN(S(=O)(=O)c2cccs2)CC1. The highest BCUT2D eigenvalue weighted by Crippen LogP contribution is 2.32. The van der Waals surface area contributed by atoms with Crippen LogP contribution in [0.5, 0.6) is 0 Å². The molecule has 1 saturated carbocycles. The molecule has 0 bridgehead atoms. The minimum atomic E-state index is -3.51. The number of amides is 1. The molecular weight excluding hydrogens is 364 g/mol. The van der Waals surface area contributed by atoms with Gasteiger partial charge in [0, 0.05) is 44.0 Å². The molecule has 3 rings (SSSR count). The number of carboxylic acids is 1. The number of carboxylic acid groups (broad SMARTS) is 1. The summed E-state index contributed by atoms with van der Waals surface area (Å²) in [4.78, 5) is 25.6. The lowest BCUT2D eigenvalue weighted by Gasteiger charge is -2.39. The predicted octanol–water partition coefficient (Wildman–Crippen LogP) is 0.137. The van der Waals surface area contributed by atoms with Gasteiger partial charge in [-0.1, -0.05) is 18.9 Å². The molecule has 1 aliphatic carbocycles. The lowest BCUT2D eigenvalue weighted by Crippen LogP contribution is -2.53. The van der Waals surface area contributed by atoms with Crippen molar-refractivity contribution in [3.05, 3.63) is 17.5 Å². The molecule has 0 radical (unpaired) electrons. The molecule has 138 valence electrons. The third-order valence-electron chi connectivity index (χ3n) is 5.03. The van der Waals surface area contributed by atoms with E-state index in [1.807, 2.05) is 0 Å². The summed E-state index contributed by atoms with van der Waals surface area (Å²) >= 11 is 1.17. The average Bonchev–Trinajstić information content (AvgIpc) is 3.16. The predicted molar refractivity (Wildman–Crippen MR) is 90.1 cm³/mol. The highest BCUT2D eigenvalue weighted by Gasteiger charge is 2.37. The molecule has 0 aromatic carbocycles. The van der Waals surface area contributed by atoms with Crippen LogP contribution in [0.2, 0.25) is 0 Å². The molecule has 7 nitrogen and oxygen atoms in total. The van der Waals surface area contributed by atoms with Crippen molar-refractivity contribution in [2.24, 2.45) is 11.8 Å². The van der Waals surface area contributed by atoms with E-state index < -0.39 is 27.8 Å². The van der Waals surface area contributed by atoms with Crippen molar-refractivity contribution >= 4 is 33.2 Å². The van der Waals surface area contributed by atoms with Gasteiger partial charge in [0.1, 0.15) is 4.21 Å². The van der Waals surface area contributed by atoms with Crippen molar-refractivity contribution in [2.75, 3.05) is 26.2 Å². The Morgan fingerprint density at radius 3 is 2.28 bits per heavy atom. The van der Waals surface area contributed by atoms with Gasteiger partial charge in [0.05, 0.1) is 0 Å². The Labute approximate surface area is 151 Å². The van der Waals surface area contributed by atoms with Crippen molar-refractivity contribution in [3.63, 3.8) is 0 Å². The van der Waals surface area contributed by atoms with Gasteiger partial charge in [0.25, 0.3) is 10.0 Å². The number of hydrogen-bond donors (Lipinski definition) is 0. The quantitative estimate of drug-likeness (QED) is 0.734. The number of aliphatic carboxylic acids is 1. The zero-order chi connectivity index (χ0) is 18.0. The second kappa shape index (κ2) is 7.43. The summed E-state index contributed by atoms with van der Waals surface area (Å²) in [5, 5.41) is 13.0. The molecule has 1 aromatic rings. The van der Waals surface area contributed by atoms with Crippen LogP contribution >= 0.6 is 11.3 Å². The maximum absolute atomic E-state index is 12.7. The van der Waals surface area contributed by atoms with Gasteiger partial charge in [-0.25, -0.2) is 8.42 Å². The summed E-state index contributed by atoms with van der Waals surface area (Å²) in [5.41, 5.74) is 0. The molecule has 1 saturated heterocycles. The molecule has 2 aliphatic rings. The van der Waals surface area contributed by atoms with Crippen LogP contribution in [-0.2, 0) is 19.6 Å². The highest BCUT2D eigenvalue weighted by molar-refractivity contribution is 7.91. The molecule has 0 spiro atoms. The molecule has 25 heavy (non-hydrogen) atoms. The van der Waals surface area contributed by atoms with Crippen molar-refractivity contribution in [3.8, 4) is 0 Å². The maximum atomic E-state index is 12.7. The first-order valence-corrected chi connectivity index (χ1v) is 10.8. The van der Waals surface area contributed by atoms with E-state index in [0.717, 1.165) is 12.8 Å². The first-order chi connectivity index (χ1) is 11.9. The smallest absolute Gasteiger partial charge is 0.252 e. The third-order valence-corrected chi connectivity index (χ3v) is 8.30. The Bertz CT molecular complexity index is 724. The van der Waals surface area contributed by atoms with E-state index in [0.29, 0.717) is 30.1 Å². The lowest BCUT2D eigenvalue weighted by atomic mass is 9.78. The van der Waals surface area contributed by atoms with E-state index in [2.05, 4.69) is 0 Å². The first-order valence-electron chi connectivity index (χ1n) is 8.44. The van der Waals surface area contributed by atoms with E-state index in [4.69, 9.17) is 0 Å². The fourth-order valence-corrected chi connectivity index (χ4v) is 6.20. The van der Waals surface area contributed by atoms with Gasteiger partial charge in [-0.2, -0.15) is 4.31 Å². The molecule has 1 aromatic heterocycles. The number of hydrogen-bond acceptors (Lipinski definition) is 6. The number of nitrogens with zero attached hydrogens (tertiary/aromatic N) is 2. The van der Waals surface area contributed by atoms with Gasteiger partial charge in [-0.3, -0.25) is 4.79 Å². The molecule has 0 N–H and O–H groups in total. The topological polar surface area (TPSA) is 97.8 Å². The molecule has 2 fully saturated rings. The van der Waals surface area contributed by atoms with Crippen molar-refractivity contribution in [1.82, 2.24) is 9.21 Å². The van der Waals surface area contributed by atoms with E-state index in [9.17, 15) is 23.1 Å². The van der Waals surface area contributed by atoms with Crippen LogP contribution < -0.4 is 5.11 Å². The third kappa shape index (κ3) is 3.73. The monoisotopic (exact) mass is 385 g/mol. The molecule has 1 aliphatic heterocycles. The maximum Gasteiger partial charge on any atom is 0.252 e. The molecule has 2 atom stereocenters. The molecule has 2 heterocycles. The highest BCUT2D eigenvalue weighted by atomic mass is 32.2. The minimum absolute atomic E-state index is 0.179. The summed E-state index contributed by atoms with van der Waals surface area (Å²) < 4.78 is 26.7. The van der Waals surface area contributed by atoms with Crippen LogP contribution in [0.3, 0.4) is 0 Å².